The number of carboxylic acids is 1. The van der Waals surface area contributed by atoms with Crippen molar-refractivity contribution in [2.45, 2.75) is 38.1 Å². The minimum Gasteiger partial charge on any atom is -0.481 e. The Hall–Kier alpha value is -2.94. The molecule has 0 aromatic heterocycles. The Morgan fingerprint density at radius 2 is 1.75 bits per heavy atom. The quantitative estimate of drug-likeness (QED) is 0.608. The molecule has 2 aromatic carbocycles. The summed E-state index contributed by atoms with van der Waals surface area (Å²) in [7, 11) is 0. The van der Waals surface area contributed by atoms with Crippen LogP contribution < -0.4 is 5.43 Å². The van der Waals surface area contributed by atoms with E-state index in [0.29, 0.717) is 13.2 Å². The molecule has 2 N–H and O–H groups in total. The van der Waals surface area contributed by atoms with E-state index in [1.807, 2.05) is 38.1 Å². The monoisotopic (exact) mass is 440 g/mol. The zero-order chi connectivity index (χ0) is 22.7. The fourth-order valence-electron chi connectivity index (χ4n) is 4.28. The number of fused-ring (bicyclic) bond motifs is 3. The summed E-state index contributed by atoms with van der Waals surface area (Å²) in [4.78, 5) is 23.6. The van der Waals surface area contributed by atoms with E-state index >= 15 is 0 Å². The number of nitrogens with zero attached hydrogens (tertiary/aromatic N) is 1. The third-order valence-electron chi connectivity index (χ3n) is 5.68. The highest BCUT2D eigenvalue weighted by molar-refractivity contribution is 5.79. The van der Waals surface area contributed by atoms with Crippen LogP contribution in [-0.2, 0) is 19.0 Å². The van der Waals surface area contributed by atoms with Crippen LogP contribution in [0.25, 0.3) is 11.1 Å². The number of ether oxygens (including phenoxy) is 3. The van der Waals surface area contributed by atoms with Crippen molar-refractivity contribution in [1.82, 2.24) is 10.4 Å². The first-order chi connectivity index (χ1) is 15.3. The van der Waals surface area contributed by atoms with E-state index in [-0.39, 0.29) is 31.6 Å². The van der Waals surface area contributed by atoms with E-state index in [2.05, 4.69) is 29.7 Å². The smallest absolute Gasteiger partial charge is 0.421 e. The second-order valence-corrected chi connectivity index (χ2v) is 8.48. The molecular weight excluding hydrogens is 412 g/mol. The number of aliphatic carboxylic acids is 1. The molecule has 1 aliphatic heterocycles. The number of hydrogen-bond donors (Lipinski definition) is 2. The molecule has 1 amide bonds. The number of carbonyl (C=O) groups excluding carboxylic acids is 1. The molecule has 170 valence electrons. The molecule has 2 aliphatic rings. The van der Waals surface area contributed by atoms with Gasteiger partial charge in [-0.1, -0.05) is 48.5 Å². The van der Waals surface area contributed by atoms with E-state index in [9.17, 15) is 9.59 Å². The van der Waals surface area contributed by atoms with Crippen molar-refractivity contribution in [3.63, 3.8) is 0 Å². The lowest BCUT2D eigenvalue weighted by molar-refractivity contribution is -0.143. The van der Waals surface area contributed by atoms with Gasteiger partial charge in [0.25, 0.3) is 0 Å². The van der Waals surface area contributed by atoms with Gasteiger partial charge in [0.05, 0.1) is 19.1 Å². The van der Waals surface area contributed by atoms with E-state index < -0.39 is 17.8 Å². The Labute approximate surface area is 187 Å². The Morgan fingerprint density at radius 1 is 1.12 bits per heavy atom. The summed E-state index contributed by atoms with van der Waals surface area (Å²) in [5.74, 6) is -1.70. The molecule has 8 nitrogen and oxygen atoms in total. The number of carbonyl (C=O) groups is 2. The van der Waals surface area contributed by atoms with E-state index in [4.69, 9.17) is 19.3 Å². The average molecular weight is 440 g/mol. The predicted molar refractivity (Wildman–Crippen MR) is 117 cm³/mol. The van der Waals surface area contributed by atoms with Gasteiger partial charge < -0.3 is 19.3 Å². The molecule has 8 heteroatoms. The fourth-order valence-corrected chi connectivity index (χ4v) is 4.28. The first-order valence-corrected chi connectivity index (χ1v) is 10.7. The largest absolute Gasteiger partial charge is 0.481 e. The molecule has 0 saturated carbocycles. The minimum atomic E-state index is -0.951. The highest BCUT2D eigenvalue weighted by Crippen LogP contribution is 2.44. The first kappa shape index (κ1) is 22.3. The van der Waals surface area contributed by atoms with Crippen molar-refractivity contribution in [3.8, 4) is 11.1 Å². The molecule has 0 bridgehead atoms. The fraction of sp³-hybridized carbons (Fsp3) is 0.417. The maximum atomic E-state index is 12.6. The summed E-state index contributed by atoms with van der Waals surface area (Å²) in [5, 5.41) is 10.6. The van der Waals surface area contributed by atoms with Crippen LogP contribution in [0.1, 0.15) is 37.3 Å². The standard InChI is InChI=1S/C24H28N2O6/c1-24(2)31-14-16(32-24)13-26(12-11-22(27)28)25-23(29)30-15-21-19-9-5-3-7-17(19)18-8-4-6-10-20(18)21/h3-10,16,21H,11-15H2,1-2H3,(H,25,29)(H,27,28)/t16-/m0/s1. The number of hydrogen-bond acceptors (Lipinski definition) is 6. The highest BCUT2D eigenvalue weighted by atomic mass is 16.7. The Bertz CT molecular complexity index is 946. The van der Waals surface area contributed by atoms with Crippen LogP contribution in [0.15, 0.2) is 48.5 Å². The number of nitrogens with one attached hydrogen (secondary N) is 1. The molecule has 0 radical (unpaired) electrons. The summed E-state index contributed by atoms with van der Waals surface area (Å²) in [6, 6.07) is 16.2. The summed E-state index contributed by atoms with van der Waals surface area (Å²) in [6.45, 7) is 4.59. The number of hydrazine groups is 1. The van der Waals surface area contributed by atoms with Gasteiger partial charge in [-0.2, -0.15) is 0 Å². The summed E-state index contributed by atoms with van der Waals surface area (Å²) >= 11 is 0. The molecule has 1 saturated heterocycles. The van der Waals surface area contributed by atoms with Crippen LogP contribution in [0.2, 0.25) is 0 Å². The third kappa shape index (κ3) is 5.09. The number of rotatable bonds is 8. The zero-order valence-electron chi connectivity index (χ0n) is 18.2. The lowest BCUT2D eigenvalue weighted by atomic mass is 9.98. The van der Waals surface area contributed by atoms with Gasteiger partial charge in [-0.15, -0.1) is 0 Å². The Kier molecular flexibility index (Phi) is 6.45. The van der Waals surface area contributed by atoms with Crippen LogP contribution in [0.3, 0.4) is 0 Å². The van der Waals surface area contributed by atoms with Gasteiger partial charge in [-0.25, -0.2) is 9.80 Å². The molecule has 32 heavy (non-hydrogen) atoms. The molecule has 1 atom stereocenters. The number of benzene rings is 2. The number of amides is 1. The first-order valence-electron chi connectivity index (χ1n) is 10.7. The highest BCUT2D eigenvalue weighted by Gasteiger charge is 2.34. The third-order valence-corrected chi connectivity index (χ3v) is 5.68. The Balaban J connectivity index is 1.38. The van der Waals surface area contributed by atoms with Crippen LogP contribution in [-0.4, -0.2) is 60.4 Å². The lowest BCUT2D eigenvalue weighted by Crippen LogP contribution is -2.48. The molecule has 1 fully saturated rings. The molecule has 4 rings (SSSR count). The molecular formula is C24H28N2O6. The predicted octanol–water partition coefficient (Wildman–Crippen LogP) is 3.37. The molecule has 0 unspecified atom stereocenters. The van der Waals surface area contributed by atoms with Gasteiger partial charge in [0.2, 0.25) is 0 Å². The van der Waals surface area contributed by atoms with Crippen molar-refractivity contribution < 1.29 is 28.9 Å². The topological polar surface area (TPSA) is 97.3 Å². The normalized spacial score (nSPS) is 18.9. The Morgan fingerprint density at radius 3 is 2.31 bits per heavy atom. The van der Waals surface area contributed by atoms with Crippen LogP contribution in [0.4, 0.5) is 4.79 Å². The van der Waals surface area contributed by atoms with Crippen molar-refractivity contribution in [2.24, 2.45) is 0 Å². The summed E-state index contributed by atoms with van der Waals surface area (Å²) in [5.41, 5.74) is 7.24. The summed E-state index contributed by atoms with van der Waals surface area (Å²) in [6.07, 6.45) is -1.04. The van der Waals surface area contributed by atoms with Gasteiger partial charge >= 0.3 is 12.1 Å². The average Bonchev–Trinajstić information content (AvgIpc) is 3.27. The van der Waals surface area contributed by atoms with Gasteiger partial charge in [-0.05, 0) is 36.1 Å². The minimum absolute atomic E-state index is 0.0482. The van der Waals surface area contributed by atoms with Gasteiger partial charge in [0, 0.05) is 19.0 Å². The van der Waals surface area contributed by atoms with Crippen molar-refractivity contribution in [1.29, 1.82) is 0 Å². The van der Waals surface area contributed by atoms with Crippen molar-refractivity contribution >= 4 is 12.1 Å². The van der Waals surface area contributed by atoms with Gasteiger partial charge in [0.1, 0.15) is 6.61 Å². The number of carboxylic acid groups (broad SMARTS) is 1. The van der Waals surface area contributed by atoms with Crippen molar-refractivity contribution in [2.75, 3.05) is 26.3 Å². The summed E-state index contributed by atoms with van der Waals surface area (Å²) < 4.78 is 16.9. The maximum absolute atomic E-state index is 12.6. The molecule has 0 spiro atoms. The van der Waals surface area contributed by atoms with E-state index in [1.165, 1.54) is 5.01 Å². The molecule has 1 aliphatic carbocycles. The molecule has 1 heterocycles. The van der Waals surface area contributed by atoms with E-state index in [0.717, 1.165) is 22.3 Å². The SMILES string of the molecule is CC1(C)OC[C@H](CN(CCC(=O)O)NC(=O)OCC2c3ccccc3-c3ccccc32)O1. The molecule has 2 aromatic rings. The van der Waals surface area contributed by atoms with Gasteiger partial charge in [-0.3, -0.25) is 10.2 Å². The maximum Gasteiger partial charge on any atom is 0.421 e. The van der Waals surface area contributed by atoms with Gasteiger partial charge in [0.15, 0.2) is 5.79 Å². The van der Waals surface area contributed by atoms with Crippen molar-refractivity contribution in [3.05, 3.63) is 59.7 Å². The van der Waals surface area contributed by atoms with Crippen LogP contribution in [0.5, 0.6) is 0 Å². The zero-order valence-corrected chi connectivity index (χ0v) is 18.2. The van der Waals surface area contributed by atoms with E-state index in [1.54, 1.807) is 0 Å². The second-order valence-electron chi connectivity index (χ2n) is 8.48. The van der Waals surface area contributed by atoms with Crippen LogP contribution >= 0.6 is 0 Å². The second kappa shape index (κ2) is 9.28. The van der Waals surface area contributed by atoms with Crippen LogP contribution in [0, 0.1) is 0 Å². The lowest BCUT2D eigenvalue weighted by Gasteiger charge is -2.25.